The number of aliphatic hydroxyl groups excluding tert-OH is 1. The SMILES string of the molecule is C=CCN(C(=O)C1N([C@@H](CC)CO)C(=O)[C@@H]2[C@H](C(=O)N(CC=C)c3ccccc3)[C@]3(C)CCC12O3)c1ccc(N(CC)CC)cc1. The number of amides is 3. The number of hydrogen-bond donors (Lipinski definition) is 1. The molecule has 46 heavy (non-hydrogen) atoms. The third-order valence-electron chi connectivity index (χ3n) is 10.3. The van der Waals surface area contributed by atoms with Crippen molar-refractivity contribution in [3.63, 3.8) is 0 Å². The van der Waals surface area contributed by atoms with Crippen LogP contribution in [0.1, 0.15) is 47.0 Å². The summed E-state index contributed by atoms with van der Waals surface area (Å²) in [5.41, 5.74) is 0.277. The summed E-state index contributed by atoms with van der Waals surface area (Å²) in [7, 11) is 0. The van der Waals surface area contributed by atoms with E-state index in [0.29, 0.717) is 30.6 Å². The Morgan fingerprint density at radius 2 is 1.50 bits per heavy atom. The predicted molar refractivity (Wildman–Crippen MR) is 182 cm³/mol. The molecule has 6 atom stereocenters. The van der Waals surface area contributed by atoms with E-state index in [0.717, 1.165) is 18.8 Å². The minimum absolute atomic E-state index is 0.222. The first-order valence-corrected chi connectivity index (χ1v) is 16.5. The summed E-state index contributed by atoms with van der Waals surface area (Å²) in [6.07, 6.45) is 4.76. The van der Waals surface area contributed by atoms with Crippen LogP contribution in [0.3, 0.4) is 0 Å². The Morgan fingerprint density at radius 1 is 0.935 bits per heavy atom. The molecule has 2 aromatic rings. The molecule has 3 amide bonds. The molecule has 9 nitrogen and oxygen atoms in total. The van der Waals surface area contributed by atoms with Crippen LogP contribution < -0.4 is 14.7 Å². The molecule has 0 aliphatic carbocycles. The molecule has 3 saturated heterocycles. The maximum absolute atomic E-state index is 14.9. The lowest BCUT2D eigenvalue weighted by molar-refractivity contribution is -0.148. The predicted octanol–water partition coefficient (Wildman–Crippen LogP) is 4.81. The van der Waals surface area contributed by atoms with Gasteiger partial charge in [-0.15, -0.1) is 13.2 Å². The normalized spacial score (nSPS) is 26.8. The zero-order valence-corrected chi connectivity index (χ0v) is 27.6. The molecular weight excluding hydrogens is 580 g/mol. The highest BCUT2D eigenvalue weighted by atomic mass is 16.5. The lowest BCUT2D eigenvalue weighted by atomic mass is 9.66. The van der Waals surface area contributed by atoms with Crippen LogP contribution in [0, 0.1) is 11.8 Å². The van der Waals surface area contributed by atoms with Gasteiger partial charge in [-0.05, 0) is 76.4 Å². The number of benzene rings is 2. The average Bonchev–Trinajstić information content (AvgIpc) is 3.64. The number of likely N-dealkylation sites (tertiary alicyclic amines) is 1. The maximum Gasteiger partial charge on any atom is 0.253 e. The highest BCUT2D eigenvalue weighted by Crippen LogP contribution is 2.64. The molecule has 1 spiro atoms. The lowest BCUT2D eigenvalue weighted by Gasteiger charge is -2.39. The fourth-order valence-corrected chi connectivity index (χ4v) is 8.09. The first kappa shape index (κ1) is 33.4. The minimum Gasteiger partial charge on any atom is -0.394 e. The smallest absolute Gasteiger partial charge is 0.253 e. The average molecular weight is 629 g/mol. The second-order valence-corrected chi connectivity index (χ2v) is 12.7. The summed E-state index contributed by atoms with van der Waals surface area (Å²) < 4.78 is 6.89. The van der Waals surface area contributed by atoms with Gasteiger partial charge in [0.1, 0.15) is 11.6 Å². The number of hydrogen-bond acceptors (Lipinski definition) is 6. The van der Waals surface area contributed by atoms with E-state index in [2.05, 4.69) is 31.9 Å². The van der Waals surface area contributed by atoms with Crippen molar-refractivity contribution < 1.29 is 24.2 Å². The molecule has 9 heteroatoms. The number of aliphatic hydroxyl groups is 1. The van der Waals surface area contributed by atoms with Crippen LogP contribution in [0.15, 0.2) is 79.9 Å². The van der Waals surface area contributed by atoms with E-state index < -0.39 is 35.1 Å². The van der Waals surface area contributed by atoms with Gasteiger partial charge in [0.2, 0.25) is 11.8 Å². The Labute approximate surface area is 273 Å². The third-order valence-corrected chi connectivity index (χ3v) is 10.3. The second-order valence-electron chi connectivity index (χ2n) is 12.7. The standard InChI is InChI=1S/C37H48N4O5/c1-7-23-39(28-15-13-12-14-16-28)33(43)30-31-34(44)41(26(9-3)25-42)32(37(31)22-21-36(30,6)46-37)35(45)40(24-8-2)29-19-17-27(18-20-29)38(10-4)11-5/h7-8,12-20,26,30-32,42H,1-2,9-11,21-25H2,3-6H3/t26-,30+,31-,32?,36-,37?/m0/s1. The molecule has 2 bridgehead atoms. The third kappa shape index (κ3) is 5.33. The summed E-state index contributed by atoms with van der Waals surface area (Å²) >= 11 is 0. The van der Waals surface area contributed by atoms with Gasteiger partial charge in [-0.25, -0.2) is 0 Å². The highest BCUT2D eigenvalue weighted by molar-refractivity contribution is 6.07. The van der Waals surface area contributed by atoms with Crippen molar-refractivity contribution in [1.82, 2.24) is 4.90 Å². The molecule has 3 aliphatic heterocycles. The van der Waals surface area contributed by atoms with Crippen molar-refractivity contribution in [2.45, 2.75) is 70.2 Å². The fraction of sp³-hybridized carbons (Fsp3) is 0.486. The topological polar surface area (TPSA) is 93.6 Å². The Balaban J connectivity index is 1.59. The second kappa shape index (κ2) is 13.4. The summed E-state index contributed by atoms with van der Waals surface area (Å²) in [5.74, 6) is -2.54. The van der Waals surface area contributed by atoms with E-state index in [9.17, 15) is 19.5 Å². The number of carbonyl (C=O) groups excluding carboxylic acids is 3. The largest absolute Gasteiger partial charge is 0.394 e. The molecule has 246 valence electrons. The van der Waals surface area contributed by atoms with Gasteiger partial charge in [0.15, 0.2) is 0 Å². The zero-order valence-electron chi connectivity index (χ0n) is 27.6. The molecule has 2 aromatic carbocycles. The quantitative estimate of drug-likeness (QED) is 0.302. The molecule has 1 N–H and O–H groups in total. The molecular formula is C37H48N4O5. The monoisotopic (exact) mass is 628 g/mol. The van der Waals surface area contributed by atoms with E-state index in [1.165, 1.54) is 0 Å². The fourth-order valence-electron chi connectivity index (χ4n) is 8.09. The van der Waals surface area contributed by atoms with E-state index in [-0.39, 0.29) is 37.4 Å². The number of para-hydroxylation sites is 1. The van der Waals surface area contributed by atoms with Gasteiger partial charge in [0.25, 0.3) is 5.91 Å². The van der Waals surface area contributed by atoms with Crippen molar-refractivity contribution in [2.75, 3.05) is 47.5 Å². The Hall–Kier alpha value is -3.95. The van der Waals surface area contributed by atoms with Crippen LogP contribution in [0.2, 0.25) is 0 Å². The van der Waals surface area contributed by atoms with Crippen molar-refractivity contribution in [2.24, 2.45) is 11.8 Å². The van der Waals surface area contributed by atoms with Crippen LogP contribution in [0.4, 0.5) is 17.1 Å². The summed E-state index contributed by atoms with van der Waals surface area (Å²) in [5, 5.41) is 10.5. The molecule has 0 radical (unpaired) electrons. The highest BCUT2D eigenvalue weighted by Gasteiger charge is 2.78. The van der Waals surface area contributed by atoms with E-state index >= 15 is 0 Å². The number of carbonyl (C=O) groups is 3. The summed E-state index contributed by atoms with van der Waals surface area (Å²) in [6, 6.07) is 15.5. The van der Waals surface area contributed by atoms with Crippen LogP contribution in [-0.2, 0) is 19.1 Å². The summed E-state index contributed by atoms with van der Waals surface area (Å²) in [4.78, 5) is 51.2. The molecule has 5 rings (SSSR count). The maximum atomic E-state index is 14.9. The number of nitrogens with zero attached hydrogens (tertiary/aromatic N) is 4. The Morgan fingerprint density at radius 3 is 2.04 bits per heavy atom. The number of ether oxygens (including phenoxy) is 1. The molecule has 0 aromatic heterocycles. The molecule has 2 unspecified atom stereocenters. The minimum atomic E-state index is -1.22. The van der Waals surface area contributed by atoms with Gasteiger partial charge in [0.05, 0.1) is 30.1 Å². The Bertz CT molecular complexity index is 1440. The van der Waals surface area contributed by atoms with Gasteiger partial charge < -0.3 is 29.4 Å². The number of rotatable bonds is 14. The molecule has 0 saturated carbocycles. The lowest BCUT2D eigenvalue weighted by Crippen LogP contribution is -2.59. The number of anilines is 3. The van der Waals surface area contributed by atoms with Crippen LogP contribution in [0.5, 0.6) is 0 Å². The van der Waals surface area contributed by atoms with E-state index in [1.54, 1.807) is 26.9 Å². The Kier molecular flexibility index (Phi) is 9.75. The van der Waals surface area contributed by atoms with E-state index in [4.69, 9.17) is 4.74 Å². The molecule has 3 aliphatic rings. The van der Waals surface area contributed by atoms with Crippen molar-refractivity contribution in [3.8, 4) is 0 Å². The van der Waals surface area contributed by atoms with E-state index in [1.807, 2.05) is 68.4 Å². The number of fused-ring (bicyclic) bond motifs is 1. The van der Waals surface area contributed by atoms with Crippen molar-refractivity contribution >= 4 is 34.8 Å². The van der Waals surface area contributed by atoms with Crippen LogP contribution in [0.25, 0.3) is 0 Å². The summed E-state index contributed by atoms with van der Waals surface area (Å²) in [6.45, 7) is 17.7. The van der Waals surface area contributed by atoms with Crippen molar-refractivity contribution in [3.05, 3.63) is 79.9 Å². The molecule has 3 fully saturated rings. The first-order chi connectivity index (χ1) is 22.2. The van der Waals surface area contributed by atoms with Gasteiger partial charge in [-0.1, -0.05) is 37.3 Å². The molecule has 3 heterocycles. The van der Waals surface area contributed by atoms with Gasteiger partial charge >= 0.3 is 0 Å². The first-order valence-electron chi connectivity index (χ1n) is 16.5. The van der Waals surface area contributed by atoms with Gasteiger partial charge in [-0.3, -0.25) is 14.4 Å². The zero-order chi connectivity index (χ0) is 33.2. The van der Waals surface area contributed by atoms with Gasteiger partial charge in [0, 0.05) is 43.2 Å². The van der Waals surface area contributed by atoms with Gasteiger partial charge in [-0.2, -0.15) is 0 Å². The van der Waals surface area contributed by atoms with Crippen LogP contribution >= 0.6 is 0 Å². The van der Waals surface area contributed by atoms with Crippen molar-refractivity contribution in [1.29, 1.82) is 0 Å². The van der Waals surface area contributed by atoms with Crippen LogP contribution in [-0.4, -0.2) is 83.8 Å².